The molecule has 1 aromatic heterocycles. The van der Waals surface area contributed by atoms with Crippen molar-refractivity contribution in [2.75, 3.05) is 33.8 Å². The number of likely N-dealkylation sites (N-methyl/N-ethyl adjacent to an activating group) is 1. The number of aromatic nitrogens is 2. The number of benzene rings is 1. The zero-order valence-electron chi connectivity index (χ0n) is 17.9. The zero-order chi connectivity index (χ0) is 21.7. The van der Waals surface area contributed by atoms with E-state index >= 15 is 0 Å². The van der Waals surface area contributed by atoms with Crippen LogP contribution in [0.3, 0.4) is 0 Å². The summed E-state index contributed by atoms with van der Waals surface area (Å²) in [6.45, 7) is 3.92. The molecule has 0 bridgehead atoms. The molecule has 162 valence electrons. The SMILES string of the molecule is COc1ccc(CN(C)C[C@@]2(O)CCCN(C(=O)c3cc(C)[nH]c(=O)n3)CC2)cc1. The van der Waals surface area contributed by atoms with Crippen LogP contribution in [-0.4, -0.2) is 70.2 Å². The molecule has 0 saturated carbocycles. The number of methoxy groups -OCH3 is 1. The number of rotatable bonds is 6. The smallest absolute Gasteiger partial charge is 0.345 e. The molecule has 2 heterocycles. The summed E-state index contributed by atoms with van der Waals surface area (Å²) in [5.74, 6) is 0.554. The van der Waals surface area contributed by atoms with E-state index in [0.29, 0.717) is 51.1 Å². The molecule has 0 unspecified atom stereocenters. The number of nitrogens with zero attached hydrogens (tertiary/aromatic N) is 3. The van der Waals surface area contributed by atoms with E-state index in [0.717, 1.165) is 11.3 Å². The number of aromatic amines is 1. The van der Waals surface area contributed by atoms with Gasteiger partial charge in [-0.05, 0) is 57.0 Å². The van der Waals surface area contributed by atoms with Crippen molar-refractivity contribution in [2.45, 2.75) is 38.3 Å². The topological polar surface area (TPSA) is 98.8 Å². The van der Waals surface area contributed by atoms with Crippen molar-refractivity contribution < 1.29 is 14.6 Å². The number of hydrogen-bond donors (Lipinski definition) is 2. The highest BCUT2D eigenvalue weighted by atomic mass is 16.5. The number of carbonyl (C=O) groups is 1. The summed E-state index contributed by atoms with van der Waals surface area (Å²) >= 11 is 0. The van der Waals surface area contributed by atoms with Gasteiger partial charge in [0.05, 0.1) is 12.7 Å². The van der Waals surface area contributed by atoms with E-state index in [2.05, 4.69) is 14.9 Å². The minimum atomic E-state index is -0.867. The Balaban J connectivity index is 1.59. The standard InChI is InChI=1S/C22H30N4O4/c1-16-13-19(24-21(28)23-16)20(27)26-11-4-9-22(29,10-12-26)15-25(2)14-17-5-7-18(30-3)8-6-17/h5-8,13,29H,4,9-12,14-15H2,1-3H3,(H,23,24,28)/t22-/m1/s1. The van der Waals surface area contributed by atoms with E-state index in [9.17, 15) is 14.7 Å². The second-order valence-electron chi connectivity index (χ2n) is 8.15. The molecule has 1 fully saturated rings. The molecule has 2 aromatic rings. The van der Waals surface area contributed by atoms with Gasteiger partial charge in [-0.3, -0.25) is 9.69 Å². The van der Waals surface area contributed by atoms with E-state index in [1.54, 1.807) is 25.0 Å². The number of likely N-dealkylation sites (tertiary alicyclic amines) is 1. The maximum Gasteiger partial charge on any atom is 0.345 e. The van der Waals surface area contributed by atoms with Gasteiger partial charge in [0.1, 0.15) is 11.4 Å². The van der Waals surface area contributed by atoms with Gasteiger partial charge in [0.15, 0.2) is 0 Å². The highest BCUT2D eigenvalue weighted by molar-refractivity contribution is 5.92. The van der Waals surface area contributed by atoms with Crippen LogP contribution >= 0.6 is 0 Å². The largest absolute Gasteiger partial charge is 0.497 e. The predicted molar refractivity (Wildman–Crippen MR) is 114 cm³/mol. The van der Waals surface area contributed by atoms with Crippen LogP contribution in [-0.2, 0) is 6.54 Å². The molecule has 1 aliphatic heterocycles. The molecule has 0 radical (unpaired) electrons. The number of aliphatic hydroxyl groups is 1. The molecule has 1 aliphatic rings. The van der Waals surface area contributed by atoms with Crippen molar-refractivity contribution in [1.29, 1.82) is 0 Å². The van der Waals surface area contributed by atoms with Gasteiger partial charge in [0, 0.05) is 31.9 Å². The quantitative estimate of drug-likeness (QED) is 0.745. The third-order valence-corrected chi connectivity index (χ3v) is 5.48. The number of aryl methyl sites for hydroxylation is 1. The summed E-state index contributed by atoms with van der Waals surface area (Å²) in [4.78, 5) is 34.5. The van der Waals surface area contributed by atoms with Crippen molar-refractivity contribution in [3.63, 3.8) is 0 Å². The molecular weight excluding hydrogens is 384 g/mol. The Morgan fingerprint density at radius 1 is 1.30 bits per heavy atom. The molecule has 8 nitrogen and oxygen atoms in total. The fourth-order valence-corrected chi connectivity index (χ4v) is 3.99. The molecule has 30 heavy (non-hydrogen) atoms. The van der Waals surface area contributed by atoms with Crippen molar-refractivity contribution >= 4 is 5.91 Å². The van der Waals surface area contributed by atoms with Crippen LogP contribution in [0.25, 0.3) is 0 Å². The monoisotopic (exact) mass is 414 g/mol. The first-order valence-electron chi connectivity index (χ1n) is 10.2. The second kappa shape index (κ2) is 9.40. The first-order chi connectivity index (χ1) is 14.3. The van der Waals surface area contributed by atoms with Crippen molar-refractivity contribution in [1.82, 2.24) is 19.8 Å². The lowest BCUT2D eigenvalue weighted by molar-refractivity contribution is -0.00402. The average Bonchev–Trinajstić information content (AvgIpc) is 2.88. The van der Waals surface area contributed by atoms with Gasteiger partial charge in [-0.15, -0.1) is 0 Å². The number of hydrogen-bond acceptors (Lipinski definition) is 6. The highest BCUT2D eigenvalue weighted by Gasteiger charge is 2.33. The normalized spacial score (nSPS) is 19.6. The predicted octanol–water partition coefficient (Wildman–Crippen LogP) is 1.58. The van der Waals surface area contributed by atoms with Crippen LogP contribution in [0.2, 0.25) is 0 Å². The lowest BCUT2D eigenvalue weighted by Gasteiger charge is -2.31. The van der Waals surface area contributed by atoms with Gasteiger partial charge in [-0.25, -0.2) is 4.79 Å². The second-order valence-corrected chi connectivity index (χ2v) is 8.15. The average molecular weight is 415 g/mol. The summed E-state index contributed by atoms with van der Waals surface area (Å²) in [6, 6.07) is 9.48. The van der Waals surface area contributed by atoms with Gasteiger partial charge >= 0.3 is 5.69 Å². The number of nitrogens with one attached hydrogen (secondary N) is 1. The minimum Gasteiger partial charge on any atom is -0.497 e. The van der Waals surface area contributed by atoms with E-state index in [4.69, 9.17) is 4.74 Å². The Morgan fingerprint density at radius 3 is 2.70 bits per heavy atom. The van der Waals surface area contributed by atoms with Crippen LogP contribution in [0.5, 0.6) is 5.75 Å². The zero-order valence-corrected chi connectivity index (χ0v) is 17.9. The summed E-state index contributed by atoms with van der Waals surface area (Å²) in [5, 5.41) is 11.2. The fraction of sp³-hybridized carbons (Fsp3) is 0.500. The Bertz CT molecular complexity index is 927. The summed E-state index contributed by atoms with van der Waals surface area (Å²) in [6.07, 6.45) is 1.79. The Labute approximate surface area is 176 Å². The molecule has 1 atom stereocenters. The Hall–Kier alpha value is -2.71. The molecule has 8 heteroatoms. The first-order valence-corrected chi connectivity index (χ1v) is 10.2. The molecule has 0 spiro atoms. The third kappa shape index (κ3) is 5.67. The Morgan fingerprint density at radius 2 is 2.03 bits per heavy atom. The maximum atomic E-state index is 12.8. The molecule has 1 amide bonds. The van der Waals surface area contributed by atoms with Crippen LogP contribution in [0.1, 0.15) is 41.0 Å². The summed E-state index contributed by atoms with van der Waals surface area (Å²) in [7, 11) is 3.63. The molecule has 0 aliphatic carbocycles. The van der Waals surface area contributed by atoms with Crippen molar-refractivity contribution in [3.05, 3.63) is 57.8 Å². The molecule has 3 rings (SSSR count). The van der Waals surface area contributed by atoms with Gasteiger partial charge in [-0.1, -0.05) is 12.1 Å². The van der Waals surface area contributed by atoms with Crippen LogP contribution in [0.15, 0.2) is 35.1 Å². The van der Waals surface area contributed by atoms with E-state index < -0.39 is 11.3 Å². The molecular formula is C22H30N4O4. The number of H-pyrrole nitrogens is 1. The summed E-state index contributed by atoms with van der Waals surface area (Å²) < 4.78 is 5.19. The van der Waals surface area contributed by atoms with Crippen molar-refractivity contribution in [2.24, 2.45) is 0 Å². The number of ether oxygens (including phenoxy) is 1. The van der Waals surface area contributed by atoms with Crippen molar-refractivity contribution in [3.8, 4) is 5.75 Å². The summed E-state index contributed by atoms with van der Waals surface area (Å²) in [5.41, 5.74) is 0.504. The van der Waals surface area contributed by atoms with Gasteiger partial charge in [0.2, 0.25) is 0 Å². The first kappa shape index (κ1) is 22.0. The van der Waals surface area contributed by atoms with E-state index in [1.165, 1.54) is 0 Å². The third-order valence-electron chi connectivity index (χ3n) is 5.48. The lowest BCUT2D eigenvalue weighted by atomic mass is 9.94. The number of amides is 1. The molecule has 1 saturated heterocycles. The fourth-order valence-electron chi connectivity index (χ4n) is 3.99. The van der Waals surface area contributed by atoms with Crippen LogP contribution in [0.4, 0.5) is 0 Å². The van der Waals surface area contributed by atoms with E-state index in [1.807, 2.05) is 31.3 Å². The van der Waals surface area contributed by atoms with E-state index in [-0.39, 0.29) is 11.6 Å². The maximum absolute atomic E-state index is 12.8. The lowest BCUT2D eigenvalue weighted by Crippen LogP contribution is -2.42. The van der Waals surface area contributed by atoms with Crippen LogP contribution in [0, 0.1) is 6.92 Å². The van der Waals surface area contributed by atoms with Gasteiger partial charge < -0.3 is 19.7 Å². The van der Waals surface area contributed by atoms with Crippen LogP contribution < -0.4 is 10.4 Å². The number of carbonyl (C=O) groups excluding carboxylic acids is 1. The van der Waals surface area contributed by atoms with Gasteiger partial charge in [0.25, 0.3) is 5.91 Å². The van der Waals surface area contributed by atoms with Gasteiger partial charge in [-0.2, -0.15) is 4.98 Å². The molecule has 1 aromatic carbocycles. The highest BCUT2D eigenvalue weighted by Crippen LogP contribution is 2.25. The molecule has 2 N–H and O–H groups in total. The minimum absolute atomic E-state index is 0.151. The Kier molecular flexibility index (Phi) is 6.89.